The van der Waals surface area contributed by atoms with Crippen molar-refractivity contribution in [3.63, 3.8) is 0 Å². The van der Waals surface area contributed by atoms with Crippen LogP contribution in [0.3, 0.4) is 0 Å². The van der Waals surface area contributed by atoms with Crippen molar-refractivity contribution < 1.29 is 0 Å². The third kappa shape index (κ3) is 1.25. The van der Waals surface area contributed by atoms with Gasteiger partial charge >= 0.3 is 0 Å². The molecule has 0 atom stereocenters. The highest BCUT2D eigenvalue weighted by Crippen LogP contribution is 2.26. The van der Waals surface area contributed by atoms with Gasteiger partial charge in [-0.1, -0.05) is 13.8 Å². The molecule has 0 radical (unpaired) electrons. The number of rotatable bonds is 2. The van der Waals surface area contributed by atoms with E-state index in [4.69, 9.17) is 0 Å². The zero-order valence-electron chi connectivity index (χ0n) is 8.11. The van der Waals surface area contributed by atoms with Crippen molar-refractivity contribution in [1.82, 2.24) is 14.8 Å². The highest BCUT2D eigenvalue weighted by atomic mass is 32.1. The molecule has 2 aromatic heterocycles. The first-order chi connectivity index (χ1) is 6.24. The highest BCUT2D eigenvalue weighted by Gasteiger charge is 2.14. The minimum atomic E-state index is 0.456. The van der Waals surface area contributed by atoms with Crippen molar-refractivity contribution in [1.29, 1.82) is 0 Å². The van der Waals surface area contributed by atoms with Gasteiger partial charge < -0.3 is 0 Å². The monoisotopic (exact) mass is 195 g/mol. The molecule has 0 bridgehead atoms. The summed E-state index contributed by atoms with van der Waals surface area (Å²) in [6, 6.07) is 0. The van der Waals surface area contributed by atoms with Crippen molar-refractivity contribution in [2.45, 2.75) is 33.2 Å². The van der Waals surface area contributed by atoms with Gasteiger partial charge in [-0.15, -0.1) is 11.3 Å². The van der Waals surface area contributed by atoms with Gasteiger partial charge in [0.25, 0.3) is 0 Å². The first-order valence-corrected chi connectivity index (χ1v) is 5.42. The number of hydrogen-bond donors (Lipinski definition) is 0. The highest BCUT2D eigenvalue weighted by molar-refractivity contribution is 7.16. The van der Waals surface area contributed by atoms with Crippen LogP contribution in [0.5, 0.6) is 0 Å². The van der Waals surface area contributed by atoms with E-state index in [0.717, 1.165) is 17.8 Å². The van der Waals surface area contributed by atoms with E-state index in [1.165, 1.54) is 4.83 Å². The van der Waals surface area contributed by atoms with E-state index < -0.39 is 0 Å². The lowest BCUT2D eigenvalue weighted by Crippen LogP contribution is -1.97. The Morgan fingerprint density at radius 3 is 2.92 bits per heavy atom. The molecule has 4 heteroatoms. The molecule has 0 unspecified atom stereocenters. The maximum absolute atomic E-state index is 4.53. The Morgan fingerprint density at radius 2 is 2.31 bits per heavy atom. The fraction of sp³-hybridized carbons (Fsp3) is 0.556. The Bertz CT molecular complexity index is 413. The van der Waals surface area contributed by atoms with Crippen LogP contribution >= 0.6 is 11.3 Å². The SMILES string of the molecule is CCn1nc(C(C)C)c2ncsc21. The number of fused-ring (bicyclic) bond motifs is 1. The minimum absolute atomic E-state index is 0.456. The van der Waals surface area contributed by atoms with Crippen LogP contribution in [0, 0.1) is 0 Å². The van der Waals surface area contributed by atoms with E-state index in [1.54, 1.807) is 11.3 Å². The quantitative estimate of drug-likeness (QED) is 0.737. The molecular formula is C9H13N3S. The summed E-state index contributed by atoms with van der Waals surface area (Å²) in [7, 11) is 0. The Morgan fingerprint density at radius 1 is 1.54 bits per heavy atom. The van der Waals surface area contributed by atoms with Crippen LogP contribution < -0.4 is 0 Å². The number of aromatic nitrogens is 3. The Balaban J connectivity index is 2.68. The standard InChI is InChI=1S/C9H13N3S/c1-4-12-9-8(10-5-13-9)7(11-12)6(2)3/h5-6H,4H2,1-3H3. The van der Waals surface area contributed by atoms with E-state index in [1.807, 2.05) is 10.2 Å². The van der Waals surface area contributed by atoms with Crippen molar-refractivity contribution in [3.8, 4) is 0 Å². The molecule has 0 saturated heterocycles. The molecule has 2 heterocycles. The van der Waals surface area contributed by atoms with Crippen LogP contribution in [-0.4, -0.2) is 14.8 Å². The summed E-state index contributed by atoms with van der Waals surface area (Å²) in [4.78, 5) is 5.54. The average molecular weight is 195 g/mol. The second-order valence-corrected chi connectivity index (χ2v) is 4.20. The lowest BCUT2D eigenvalue weighted by atomic mass is 10.1. The molecule has 0 aliphatic carbocycles. The van der Waals surface area contributed by atoms with Gasteiger partial charge in [0.1, 0.15) is 10.3 Å². The number of aryl methyl sites for hydroxylation is 1. The average Bonchev–Trinajstić information content (AvgIpc) is 2.61. The van der Waals surface area contributed by atoms with Crippen LogP contribution in [0.1, 0.15) is 32.4 Å². The van der Waals surface area contributed by atoms with Gasteiger partial charge in [-0.05, 0) is 12.8 Å². The van der Waals surface area contributed by atoms with Gasteiger partial charge in [0.15, 0.2) is 0 Å². The van der Waals surface area contributed by atoms with Crippen LogP contribution in [0.15, 0.2) is 5.51 Å². The fourth-order valence-corrected chi connectivity index (χ4v) is 2.24. The van der Waals surface area contributed by atoms with Crippen molar-refractivity contribution in [3.05, 3.63) is 11.2 Å². The van der Waals surface area contributed by atoms with E-state index >= 15 is 0 Å². The summed E-state index contributed by atoms with van der Waals surface area (Å²) in [5.74, 6) is 0.456. The Labute approximate surface area is 81.4 Å². The van der Waals surface area contributed by atoms with Crippen molar-refractivity contribution in [2.24, 2.45) is 0 Å². The molecule has 2 rings (SSSR count). The summed E-state index contributed by atoms with van der Waals surface area (Å²) in [6.07, 6.45) is 0. The number of hydrogen-bond acceptors (Lipinski definition) is 3. The topological polar surface area (TPSA) is 30.7 Å². The van der Waals surface area contributed by atoms with Gasteiger partial charge in [-0.25, -0.2) is 4.98 Å². The largest absolute Gasteiger partial charge is 0.253 e. The summed E-state index contributed by atoms with van der Waals surface area (Å²) in [5, 5.41) is 4.53. The third-order valence-electron chi connectivity index (χ3n) is 2.10. The third-order valence-corrected chi connectivity index (χ3v) is 2.94. The molecular weight excluding hydrogens is 182 g/mol. The lowest BCUT2D eigenvalue weighted by molar-refractivity contribution is 0.656. The Kier molecular flexibility index (Phi) is 2.07. The molecule has 0 N–H and O–H groups in total. The molecule has 0 spiro atoms. The second-order valence-electron chi connectivity index (χ2n) is 3.36. The zero-order chi connectivity index (χ0) is 9.42. The molecule has 0 amide bonds. The predicted octanol–water partition coefficient (Wildman–Crippen LogP) is 2.64. The molecule has 2 aromatic rings. The first-order valence-electron chi connectivity index (χ1n) is 4.54. The van der Waals surface area contributed by atoms with Gasteiger partial charge in [0, 0.05) is 6.54 Å². The maximum Gasteiger partial charge on any atom is 0.141 e. The molecule has 0 saturated carbocycles. The van der Waals surface area contributed by atoms with Crippen LogP contribution in [0.2, 0.25) is 0 Å². The van der Waals surface area contributed by atoms with Gasteiger partial charge in [-0.3, -0.25) is 4.68 Å². The molecule has 0 fully saturated rings. The van der Waals surface area contributed by atoms with E-state index in [-0.39, 0.29) is 0 Å². The minimum Gasteiger partial charge on any atom is -0.253 e. The van der Waals surface area contributed by atoms with E-state index in [0.29, 0.717) is 5.92 Å². The summed E-state index contributed by atoms with van der Waals surface area (Å²) in [6.45, 7) is 7.34. The summed E-state index contributed by atoms with van der Waals surface area (Å²) >= 11 is 1.67. The van der Waals surface area contributed by atoms with Crippen LogP contribution in [0.25, 0.3) is 10.3 Å². The van der Waals surface area contributed by atoms with Gasteiger partial charge in [-0.2, -0.15) is 5.10 Å². The summed E-state index contributed by atoms with van der Waals surface area (Å²) < 4.78 is 2.03. The Hall–Kier alpha value is -0.900. The van der Waals surface area contributed by atoms with Crippen molar-refractivity contribution >= 4 is 21.7 Å². The summed E-state index contributed by atoms with van der Waals surface area (Å²) in [5.41, 5.74) is 4.10. The first kappa shape index (κ1) is 8.69. The fourth-order valence-electron chi connectivity index (χ4n) is 1.42. The number of nitrogens with zero attached hydrogens (tertiary/aromatic N) is 3. The van der Waals surface area contributed by atoms with E-state index in [9.17, 15) is 0 Å². The molecule has 13 heavy (non-hydrogen) atoms. The lowest BCUT2D eigenvalue weighted by Gasteiger charge is -1.98. The maximum atomic E-state index is 4.53. The molecule has 0 aromatic carbocycles. The van der Waals surface area contributed by atoms with Crippen LogP contribution in [-0.2, 0) is 6.54 Å². The smallest absolute Gasteiger partial charge is 0.141 e. The van der Waals surface area contributed by atoms with Gasteiger partial charge in [0.2, 0.25) is 0 Å². The zero-order valence-corrected chi connectivity index (χ0v) is 8.93. The van der Waals surface area contributed by atoms with E-state index in [2.05, 4.69) is 30.9 Å². The second kappa shape index (κ2) is 3.10. The van der Waals surface area contributed by atoms with Crippen LogP contribution in [0.4, 0.5) is 0 Å². The molecule has 70 valence electrons. The van der Waals surface area contributed by atoms with Gasteiger partial charge in [0.05, 0.1) is 11.2 Å². The van der Waals surface area contributed by atoms with Crippen molar-refractivity contribution in [2.75, 3.05) is 0 Å². The number of thiazole rings is 1. The molecule has 0 aliphatic rings. The molecule has 3 nitrogen and oxygen atoms in total. The normalized spacial score (nSPS) is 11.7. The molecule has 0 aliphatic heterocycles. The predicted molar refractivity (Wildman–Crippen MR) is 55.2 cm³/mol.